The van der Waals surface area contributed by atoms with Crippen LogP contribution in [0.15, 0.2) is 53.0 Å². The average molecular weight is 402 g/mol. The van der Waals surface area contributed by atoms with E-state index in [0.717, 1.165) is 21.5 Å². The number of halogens is 1. The number of nitrogens with zero attached hydrogens (tertiary/aromatic N) is 2. The van der Waals surface area contributed by atoms with Gasteiger partial charge in [0.2, 0.25) is 11.8 Å². The van der Waals surface area contributed by atoms with E-state index in [1.165, 1.54) is 0 Å². The third kappa shape index (κ3) is 4.02. The first-order chi connectivity index (χ1) is 11.9. The predicted molar refractivity (Wildman–Crippen MR) is 104 cm³/mol. The van der Waals surface area contributed by atoms with Crippen LogP contribution >= 0.6 is 15.9 Å². The van der Waals surface area contributed by atoms with Crippen LogP contribution in [-0.4, -0.2) is 32.5 Å². The molecule has 0 bridgehead atoms. The third-order valence-electron chi connectivity index (χ3n) is 4.29. The fourth-order valence-corrected chi connectivity index (χ4v) is 3.11. The molecule has 2 aromatic rings. The summed E-state index contributed by atoms with van der Waals surface area (Å²) >= 11 is 3.38. The summed E-state index contributed by atoms with van der Waals surface area (Å²) in [6, 6.07) is 15.2. The Morgan fingerprint density at radius 3 is 2.36 bits per heavy atom. The van der Waals surface area contributed by atoms with Gasteiger partial charge in [0.15, 0.2) is 0 Å². The number of amides is 2. The van der Waals surface area contributed by atoms with Crippen molar-refractivity contribution in [3.63, 3.8) is 0 Å². The zero-order chi connectivity index (χ0) is 18.0. The molecule has 25 heavy (non-hydrogen) atoms. The lowest BCUT2D eigenvalue weighted by Gasteiger charge is -2.17. The van der Waals surface area contributed by atoms with Crippen LogP contribution in [0.2, 0.25) is 0 Å². The van der Waals surface area contributed by atoms with Crippen molar-refractivity contribution in [1.82, 2.24) is 0 Å². The van der Waals surface area contributed by atoms with E-state index in [2.05, 4.69) is 21.2 Å². The van der Waals surface area contributed by atoms with Crippen LogP contribution in [0.1, 0.15) is 6.42 Å². The second-order valence-electron chi connectivity index (χ2n) is 6.31. The van der Waals surface area contributed by atoms with E-state index >= 15 is 0 Å². The first-order valence-electron chi connectivity index (χ1n) is 8.08. The predicted octanol–water partition coefficient (Wildman–Crippen LogP) is 3.51. The van der Waals surface area contributed by atoms with E-state index in [-0.39, 0.29) is 24.2 Å². The SMILES string of the molecule is CN(C)c1ccc(NC(=O)[C@@H]2CC(=O)N(c3ccc(Br)cc3)C2)cc1. The largest absolute Gasteiger partial charge is 0.378 e. The molecule has 1 fully saturated rings. The summed E-state index contributed by atoms with van der Waals surface area (Å²) in [4.78, 5) is 28.4. The molecule has 2 amide bonds. The van der Waals surface area contributed by atoms with Crippen LogP contribution in [0.5, 0.6) is 0 Å². The maximum absolute atomic E-state index is 12.5. The first kappa shape index (κ1) is 17.5. The van der Waals surface area contributed by atoms with Gasteiger partial charge in [0.05, 0.1) is 5.92 Å². The van der Waals surface area contributed by atoms with Gasteiger partial charge in [0, 0.05) is 48.6 Å². The van der Waals surface area contributed by atoms with Crippen molar-refractivity contribution < 1.29 is 9.59 Å². The minimum atomic E-state index is -0.343. The molecule has 1 N–H and O–H groups in total. The van der Waals surface area contributed by atoms with Gasteiger partial charge in [0.1, 0.15) is 0 Å². The normalized spacial score (nSPS) is 16.8. The van der Waals surface area contributed by atoms with Crippen molar-refractivity contribution in [2.45, 2.75) is 6.42 Å². The number of rotatable bonds is 4. The minimum Gasteiger partial charge on any atom is -0.378 e. The van der Waals surface area contributed by atoms with Crippen molar-refractivity contribution in [3.05, 3.63) is 53.0 Å². The van der Waals surface area contributed by atoms with Gasteiger partial charge in [-0.05, 0) is 48.5 Å². The highest BCUT2D eigenvalue weighted by atomic mass is 79.9. The lowest BCUT2D eigenvalue weighted by molar-refractivity contribution is -0.122. The third-order valence-corrected chi connectivity index (χ3v) is 4.81. The van der Waals surface area contributed by atoms with Gasteiger partial charge in [-0.25, -0.2) is 0 Å². The fraction of sp³-hybridized carbons (Fsp3) is 0.263. The molecule has 2 aromatic carbocycles. The Bertz CT molecular complexity index is 772. The van der Waals surface area contributed by atoms with Gasteiger partial charge in [-0.3, -0.25) is 9.59 Å². The van der Waals surface area contributed by atoms with E-state index in [4.69, 9.17) is 0 Å². The number of carbonyl (C=O) groups is 2. The zero-order valence-corrected chi connectivity index (χ0v) is 15.8. The highest BCUT2D eigenvalue weighted by Crippen LogP contribution is 2.27. The summed E-state index contributed by atoms with van der Waals surface area (Å²) < 4.78 is 0.957. The summed E-state index contributed by atoms with van der Waals surface area (Å²) in [6.07, 6.45) is 0.234. The van der Waals surface area contributed by atoms with Crippen LogP contribution in [0.3, 0.4) is 0 Å². The number of nitrogens with one attached hydrogen (secondary N) is 1. The number of benzene rings is 2. The Hall–Kier alpha value is -2.34. The topological polar surface area (TPSA) is 52.7 Å². The number of anilines is 3. The van der Waals surface area contributed by atoms with Crippen LogP contribution in [0.25, 0.3) is 0 Å². The smallest absolute Gasteiger partial charge is 0.229 e. The maximum atomic E-state index is 12.5. The molecule has 1 aliphatic rings. The molecule has 3 rings (SSSR count). The average Bonchev–Trinajstić information content (AvgIpc) is 2.98. The molecule has 0 spiro atoms. The van der Waals surface area contributed by atoms with Crippen LogP contribution in [0.4, 0.5) is 17.1 Å². The number of hydrogen-bond donors (Lipinski definition) is 1. The molecule has 0 aliphatic carbocycles. The van der Waals surface area contributed by atoms with Crippen LogP contribution < -0.4 is 15.1 Å². The molecule has 6 heteroatoms. The van der Waals surface area contributed by atoms with Crippen molar-refractivity contribution in [1.29, 1.82) is 0 Å². The van der Waals surface area contributed by atoms with E-state index in [0.29, 0.717) is 6.54 Å². The van der Waals surface area contributed by atoms with Gasteiger partial charge in [-0.15, -0.1) is 0 Å². The molecular formula is C19H20BrN3O2. The Labute approximate surface area is 155 Å². The minimum absolute atomic E-state index is 0.0228. The number of hydrogen-bond acceptors (Lipinski definition) is 3. The summed E-state index contributed by atoms with van der Waals surface area (Å²) in [5, 5.41) is 2.91. The van der Waals surface area contributed by atoms with Gasteiger partial charge in [0.25, 0.3) is 0 Å². The van der Waals surface area contributed by atoms with Crippen molar-refractivity contribution in [2.75, 3.05) is 35.8 Å². The van der Waals surface area contributed by atoms with Crippen molar-refractivity contribution in [2.24, 2.45) is 5.92 Å². The molecule has 0 unspecified atom stereocenters. The molecule has 0 aromatic heterocycles. The first-order valence-corrected chi connectivity index (χ1v) is 8.87. The van der Waals surface area contributed by atoms with Gasteiger partial charge in [-0.1, -0.05) is 15.9 Å². The number of carbonyl (C=O) groups excluding carboxylic acids is 2. The summed E-state index contributed by atoms with van der Waals surface area (Å²) in [5.74, 6) is -0.485. The van der Waals surface area contributed by atoms with Crippen LogP contribution in [0, 0.1) is 5.92 Å². The van der Waals surface area contributed by atoms with Gasteiger partial charge in [-0.2, -0.15) is 0 Å². The maximum Gasteiger partial charge on any atom is 0.229 e. The Kier molecular flexibility index (Phi) is 5.08. The molecule has 1 atom stereocenters. The van der Waals surface area contributed by atoms with E-state index in [1.54, 1.807) is 4.90 Å². The Morgan fingerprint density at radius 1 is 1.12 bits per heavy atom. The van der Waals surface area contributed by atoms with Gasteiger partial charge < -0.3 is 15.1 Å². The summed E-state index contributed by atoms with van der Waals surface area (Å²) in [6.45, 7) is 0.405. The molecule has 5 nitrogen and oxygen atoms in total. The lowest BCUT2D eigenvalue weighted by atomic mass is 10.1. The lowest BCUT2D eigenvalue weighted by Crippen LogP contribution is -2.28. The molecule has 1 aliphatic heterocycles. The standard InChI is InChI=1S/C19H20BrN3O2/c1-22(2)16-9-5-15(6-10-16)21-19(25)13-11-18(24)23(12-13)17-7-3-14(20)4-8-17/h3-10,13H,11-12H2,1-2H3,(H,21,25)/t13-/m1/s1. The highest BCUT2D eigenvalue weighted by molar-refractivity contribution is 9.10. The second-order valence-corrected chi connectivity index (χ2v) is 7.23. The Balaban J connectivity index is 1.65. The summed E-state index contributed by atoms with van der Waals surface area (Å²) in [7, 11) is 3.93. The molecule has 130 valence electrons. The molecule has 0 radical (unpaired) electrons. The second kappa shape index (κ2) is 7.27. The fourth-order valence-electron chi connectivity index (χ4n) is 2.84. The molecule has 1 heterocycles. The quantitative estimate of drug-likeness (QED) is 0.852. The van der Waals surface area contributed by atoms with E-state index in [1.807, 2.05) is 67.5 Å². The van der Waals surface area contributed by atoms with Gasteiger partial charge >= 0.3 is 0 Å². The zero-order valence-electron chi connectivity index (χ0n) is 14.2. The summed E-state index contributed by atoms with van der Waals surface area (Å²) in [5.41, 5.74) is 2.62. The highest BCUT2D eigenvalue weighted by Gasteiger charge is 2.35. The molecular weight excluding hydrogens is 382 g/mol. The van der Waals surface area contributed by atoms with E-state index in [9.17, 15) is 9.59 Å². The monoisotopic (exact) mass is 401 g/mol. The molecule has 0 saturated carbocycles. The van der Waals surface area contributed by atoms with Crippen molar-refractivity contribution >= 4 is 44.8 Å². The molecule has 1 saturated heterocycles. The Morgan fingerprint density at radius 2 is 1.76 bits per heavy atom. The van der Waals surface area contributed by atoms with Crippen molar-refractivity contribution in [3.8, 4) is 0 Å². The van der Waals surface area contributed by atoms with Crippen LogP contribution in [-0.2, 0) is 9.59 Å². The van der Waals surface area contributed by atoms with E-state index < -0.39 is 0 Å².